The van der Waals surface area contributed by atoms with Crippen molar-refractivity contribution in [3.63, 3.8) is 0 Å². The number of benzene rings is 2. The molecule has 8 nitrogen and oxygen atoms in total. The third-order valence-electron chi connectivity index (χ3n) is 4.44. The summed E-state index contributed by atoms with van der Waals surface area (Å²) in [6, 6.07) is 11.1. The fourth-order valence-electron chi connectivity index (χ4n) is 2.83. The van der Waals surface area contributed by atoms with E-state index in [1.165, 1.54) is 36.5 Å². The third kappa shape index (κ3) is 6.41. The monoisotopic (exact) mass is 506 g/mol. The van der Waals surface area contributed by atoms with Crippen LogP contribution in [0.5, 0.6) is 0 Å². The molecule has 0 aliphatic rings. The summed E-state index contributed by atoms with van der Waals surface area (Å²) < 4.78 is 4.56. The Morgan fingerprint density at radius 1 is 0.970 bits per heavy atom. The number of nitrogens with one attached hydrogen (secondary N) is 1. The van der Waals surface area contributed by atoms with Crippen LogP contribution in [-0.2, 0) is 16.1 Å². The Morgan fingerprint density at radius 2 is 1.70 bits per heavy atom. The zero-order valence-corrected chi connectivity index (χ0v) is 19.5. The van der Waals surface area contributed by atoms with Crippen molar-refractivity contribution >= 4 is 64.0 Å². The summed E-state index contributed by atoms with van der Waals surface area (Å²) >= 11 is 18.4. The number of rotatable bonds is 7. The maximum absolute atomic E-state index is 13.2. The van der Waals surface area contributed by atoms with E-state index in [9.17, 15) is 14.4 Å². The number of ether oxygens (including phenoxy) is 1. The molecule has 0 radical (unpaired) electrons. The molecule has 0 unspecified atom stereocenters. The van der Waals surface area contributed by atoms with E-state index in [1.54, 1.807) is 30.3 Å². The number of carbonyl (C=O) groups is 3. The van der Waals surface area contributed by atoms with Crippen molar-refractivity contribution < 1.29 is 19.1 Å². The number of aromatic nitrogens is 2. The van der Waals surface area contributed by atoms with Crippen LogP contribution in [0, 0.1) is 0 Å². The van der Waals surface area contributed by atoms with Crippen LogP contribution in [0.25, 0.3) is 0 Å². The topological polar surface area (TPSA) is 101 Å². The fraction of sp³-hybridized carbons (Fsp3) is 0.136. The van der Waals surface area contributed by atoms with Crippen molar-refractivity contribution in [1.82, 2.24) is 9.97 Å². The zero-order valence-electron chi connectivity index (χ0n) is 17.2. The Bertz CT molecular complexity index is 1190. The molecule has 1 heterocycles. The van der Waals surface area contributed by atoms with Crippen LogP contribution in [0.4, 0.5) is 16.2 Å². The number of carbonyl (C=O) groups excluding carboxylic acids is 3. The van der Waals surface area contributed by atoms with E-state index in [0.29, 0.717) is 27.0 Å². The first kappa shape index (κ1) is 24.4. The van der Waals surface area contributed by atoms with Gasteiger partial charge in [0.15, 0.2) is 5.82 Å². The quantitative estimate of drug-likeness (QED) is 0.338. The smallest absolute Gasteiger partial charge is 0.411 e. The summed E-state index contributed by atoms with van der Waals surface area (Å²) in [4.78, 5) is 46.3. The van der Waals surface area contributed by atoms with Crippen LogP contribution in [0.15, 0.2) is 54.9 Å². The van der Waals surface area contributed by atoms with E-state index in [0.717, 1.165) is 0 Å². The Morgan fingerprint density at radius 3 is 2.33 bits per heavy atom. The van der Waals surface area contributed by atoms with Gasteiger partial charge in [0, 0.05) is 18.1 Å². The molecule has 2 aromatic carbocycles. The lowest BCUT2D eigenvalue weighted by molar-refractivity contribution is -0.117. The second-order valence-electron chi connectivity index (χ2n) is 6.68. The lowest BCUT2D eigenvalue weighted by Gasteiger charge is -2.24. The standard InChI is InChI=1S/C22H17Cl3N4O4/c1-33-22(32)28-18-6-4-14(10-17(18)25)29(12-13-3-5-15(23)16(24)9-13)20(31)11-19(30)21-26-7-2-8-27-21/h2-10H,11-12H2,1H3,(H,28,32). The molecule has 1 aromatic heterocycles. The fourth-order valence-corrected chi connectivity index (χ4v) is 3.38. The zero-order chi connectivity index (χ0) is 24.0. The average molecular weight is 508 g/mol. The number of halogens is 3. The van der Waals surface area contributed by atoms with Gasteiger partial charge in [-0.1, -0.05) is 40.9 Å². The highest BCUT2D eigenvalue weighted by atomic mass is 35.5. The van der Waals surface area contributed by atoms with Gasteiger partial charge in [0.05, 0.1) is 40.8 Å². The summed E-state index contributed by atoms with van der Waals surface area (Å²) in [5.74, 6) is -1.10. The van der Waals surface area contributed by atoms with Crippen molar-refractivity contribution in [2.24, 2.45) is 0 Å². The third-order valence-corrected chi connectivity index (χ3v) is 5.49. The van der Waals surface area contributed by atoms with Crippen molar-refractivity contribution in [3.05, 3.63) is 81.3 Å². The van der Waals surface area contributed by atoms with Gasteiger partial charge in [0.2, 0.25) is 11.7 Å². The van der Waals surface area contributed by atoms with Crippen LogP contribution >= 0.6 is 34.8 Å². The van der Waals surface area contributed by atoms with Crippen LogP contribution in [0.3, 0.4) is 0 Å². The van der Waals surface area contributed by atoms with Gasteiger partial charge in [-0.15, -0.1) is 0 Å². The summed E-state index contributed by atoms with van der Waals surface area (Å²) in [6.45, 7) is 0.0821. The van der Waals surface area contributed by atoms with E-state index in [2.05, 4.69) is 20.0 Å². The van der Waals surface area contributed by atoms with Gasteiger partial charge in [0.25, 0.3) is 0 Å². The average Bonchev–Trinajstić information content (AvgIpc) is 2.81. The Labute approximate surface area is 204 Å². The number of nitrogens with zero attached hydrogens (tertiary/aromatic N) is 3. The molecular weight excluding hydrogens is 491 g/mol. The first-order chi connectivity index (χ1) is 15.8. The molecule has 3 aromatic rings. The SMILES string of the molecule is COC(=O)Nc1ccc(N(Cc2ccc(Cl)c(Cl)c2)C(=O)CC(=O)c2ncccn2)cc1Cl. The molecule has 0 saturated carbocycles. The van der Waals surface area contributed by atoms with Crippen molar-refractivity contribution in [2.45, 2.75) is 13.0 Å². The molecule has 3 rings (SSSR count). The van der Waals surface area contributed by atoms with E-state index in [1.807, 2.05) is 0 Å². The van der Waals surface area contributed by atoms with Crippen LogP contribution < -0.4 is 10.2 Å². The summed E-state index contributed by atoms with van der Waals surface area (Å²) in [6.07, 6.45) is 1.68. The van der Waals surface area contributed by atoms with Gasteiger partial charge in [0.1, 0.15) is 0 Å². The van der Waals surface area contributed by atoms with Gasteiger partial charge >= 0.3 is 6.09 Å². The predicted octanol–water partition coefficient (Wildman–Crippen LogP) is 5.42. The van der Waals surface area contributed by atoms with Crippen molar-refractivity contribution in [1.29, 1.82) is 0 Å². The molecular formula is C22H17Cl3N4O4. The minimum absolute atomic E-state index is 0.0593. The van der Waals surface area contributed by atoms with Gasteiger partial charge in [-0.25, -0.2) is 14.8 Å². The number of amides is 2. The highest BCUT2D eigenvalue weighted by Crippen LogP contribution is 2.30. The van der Waals surface area contributed by atoms with Gasteiger partial charge in [-0.2, -0.15) is 0 Å². The van der Waals surface area contributed by atoms with Crippen molar-refractivity contribution in [3.8, 4) is 0 Å². The molecule has 2 amide bonds. The van der Waals surface area contributed by atoms with Gasteiger partial charge in [-0.05, 0) is 42.0 Å². The second kappa shape index (κ2) is 11.1. The lowest BCUT2D eigenvalue weighted by atomic mass is 10.1. The van der Waals surface area contributed by atoms with Crippen LogP contribution in [0.2, 0.25) is 15.1 Å². The molecule has 0 fully saturated rings. The molecule has 1 N–H and O–H groups in total. The molecule has 0 bridgehead atoms. The molecule has 11 heteroatoms. The highest BCUT2D eigenvalue weighted by molar-refractivity contribution is 6.42. The Balaban J connectivity index is 1.91. The molecule has 0 aliphatic heterocycles. The molecule has 0 spiro atoms. The van der Waals surface area contributed by atoms with Crippen molar-refractivity contribution in [2.75, 3.05) is 17.3 Å². The molecule has 0 saturated heterocycles. The first-order valence-corrected chi connectivity index (χ1v) is 10.6. The number of ketones is 1. The highest BCUT2D eigenvalue weighted by Gasteiger charge is 2.23. The molecule has 170 valence electrons. The number of hydrogen-bond acceptors (Lipinski definition) is 6. The predicted molar refractivity (Wildman–Crippen MR) is 126 cm³/mol. The molecule has 33 heavy (non-hydrogen) atoms. The van der Waals surface area contributed by atoms with E-state index in [-0.39, 0.29) is 17.4 Å². The number of Topliss-reactive ketones (excluding diaryl/α,β-unsaturated/α-hetero) is 1. The Hall–Kier alpha value is -3.20. The number of hydrogen-bond donors (Lipinski definition) is 1. The van der Waals surface area contributed by atoms with E-state index < -0.39 is 24.2 Å². The summed E-state index contributed by atoms with van der Waals surface area (Å²) in [5.41, 5.74) is 1.37. The summed E-state index contributed by atoms with van der Waals surface area (Å²) in [5, 5.41) is 3.34. The maximum Gasteiger partial charge on any atom is 0.411 e. The maximum atomic E-state index is 13.2. The van der Waals surface area contributed by atoms with Gasteiger partial charge < -0.3 is 9.64 Å². The molecule has 0 aliphatic carbocycles. The van der Waals surface area contributed by atoms with Gasteiger partial charge in [-0.3, -0.25) is 14.9 Å². The second-order valence-corrected chi connectivity index (χ2v) is 7.90. The largest absolute Gasteiger partial charge is 0.453 e. The Kier molecular flexibility index (Phi) is 8.21. The normalized spacial score (nSPS) is 10.4. The first-order valence-electron chi connectivity index (χ1n) is 9.47. The molecule has 0 atom stereocenters. The lowest BCUT2D eigenvalue weighted by Crippen LogP contribution is -2.32. The van der Waals surface area contributed by atoms with E-state index >= 15 is 0 Å². The minimum Gasteiger partial charge on any atom is -0.453 e. The van der Waals surface area contributed by atoms with E-state index in [4.69, 9.17) is 34.8 Å². The summed E-state index contributed by atoms with van der Waals surface area (Å²) in [7, 11) is 1.22. The van der Waals surface area contributed by atoms with Crippen LogP contribution in [-0.4, -0.2) is 34.9 Å². The number of anilines is 2. The number of methoxy groups -OCH3 is 1. The van der Waals surface area contributed by atoms with Crippen LogP contribution in [0.1, 0.15) is 22.6 Å². The minimum atomic E-state index is -0.693.